The van der Waals surface area contributed by atoms with Crippen molar-refractivity contribution in [3.05, 3.63) is 58.9 Å². The normalized spacial score (nSPS) is 10.6. The minimum Gasteiger partial charge on any atom is -0.355 e. The molecule has 2 aromatic rings. The van der Waals surface area contributed by atoms with Crippen molar-refractivity contribution < 1.29 is 4.39 Å². The van der Waals surface area contributed by atoms with Crippen LogP contribution in [0.5, 0.6) is 0 Å². The Kier molecular flexibility index (Phi) is 4.74. The van der Waals surface area contributed by atoms with Crippen molar-refractivity contribution in [2.75, 3.05) is 5.32 Å². The van der Waals surface area contributed by atoms with E-state index in [0.29, 0.717) is 5.56 Å². The van der Waals surface area contributed by atoms with Crippen LogP contribution < -0.4 is 11.1 Å². The molecule has 0 aliphatic rings. The Hall–Kier alpha value is -1.87. The van der Waals surface area contributed by atoms with Crippen LogP contribution in [0.15, 0.2) is 36.4 Å². The van der Waals surface area contributed by atoms with Gasteiger partial charge in [0, 0.05) is 23.5 Å². The molecule has 0 amide bonds. The first kappa shape index (κ1) is 14.5. The Morgan fingerprint density at radius 2 is 1.60 bits per heavy atom. The van der Waals surface area contributed by atoms with Crippen LogP contribution in [0, 0.1) is 5.82 Å². The maximum Gasteiger partial charge on any atom is 0.129 e. The summed E-state index contributed by atoms with van der Waals surface area (Å²) in [5.74, 6) is -0.260. The smallest absolute Gasteiger partial charge is 0.129 e. The highest BCUT2D eigenvalue weighted by atomic mass is 19.1. The van der Waals surface area contributed by atoms with Crippen molar-refractivity contribution in [2.45, 2.75) is 33.2 Å². The van der Waals surface area contributed by atoms with E-state index in [9.17, 15) is 4.39 Å². The first-order valence-electron chi connectivity index (χ1n) is 7.06. The Bertz CT molecular complexity index is 571. The minimum absolute atomic E-state index is 0.185. The molecule has 0 aromatic heterocycles. The van der Waals surface area contributed by atoms with Gasteiger partial charge in [0.1, 0.15) is 5.82 Å². The quantitative estimate of drug-likeness (QED) is 0.858. The van der Waals surface area contributed by atoms with Gasteiger partial charge in [-0.2, -0.15) is 0 Å². The highest BCUT2D eigenvalue weighted by Crippen LogP contribution is 2.29. The van der Waals surface area contributed by atoms with Crippen molar-refractivity contribution in [2.24, 2.45) is 5.73 Å². The molecule has 0 bridgehead atoms. The monoisotopic (exact) mass is 272 g/mol. The summed E-state index contributed by atoms with van der Waals surface area (Å²) >= 11 is 0. The first-order chi connectivity index (χ1) is 9.71. The van der Waals surface area contributed by atoms with Gasteiger partial charge in [-0.15, -0.1) is 0 Å². The summed E-state index contributed by atoms with van der Waals surface area (Å²) in [6, 6.07) is 11.3. The minimum atomic E-state index is -0.260. The van der Waals surface area contributed by atoms with E-state index >= 15 is 0 Å². The van der Waals surface area contributed by atoms with E-state index in [0.717, 1.165) is 24.2 Å². The van der Waals surface area contributed by atoms with Gasteiger partial charge in [0.25, 0.3) is 0 Å². The average Bonchev–Trinajstić information content (AvgIpc) is 2.47. The molecule has 2 nitrogen and oxygen atoms in total. The molecule has 2 rings (SSSR count). The van der Waals surface area contributed by atoms with Crippen molar-refractivity contribution in [3.63, 3.8) is 0 Å². The van der Waals surface area contributed by atoms with Crippen LogP contribution in [0.2, 0.25) is 0 Å². The fraction of sp³-hybridized carbons (Fsp3) is 0.294. The molecular weight excluding hydrogens is 251 g/mol. The van der Waals surface area contributed by atoms with E-state index in [1.807, 2.05) is 6.07 Å². The molecule has 0 aliphatic carbocycles. The van der Waals surface area contributed by atoms with Crippen LogP contribution in [-0.4, -0.2) is 0 Å². The number of aryl methyl sites for hydroxylation is 2. The van der Waals surface area contributed by atoms with E-state index in [2.05, 4.69) is 37.4 Å². The van der Waals surface area contributed by atoms with Crippen molar-refractivity contribution in [1.29, 1.82) is 0 Å². The molecule has 0 unspecified atom stereocenters. The number of nitrogens with two attached hydrogens (primary N) is 1. The predicted octanol–water partition coefficient (Wildman–Crippen LogP) is 4.15. The summed E-state index contributed by atoms with van der Waals surface area (Å²) in [6.45, 7) is 4.43. The molecular formula is C17H21FN2. The van der Waals surface area contributed by atoms with Gasteiger partial charge >= 0.3 is 0 Å². The third-order valence-electron chi connectivity index (χ3n) is 3.58. The standard InChI is InChI=1S/C17H21FN2/c1-3-12-7-5-8-13(4-2)17(12)20-16-10-6-9-15(18)14(16)11-19/h5-10,20H,3-4,11,19H2,1-2H3. The Balaban J connectivity index is 2.47. The lowest BCUT2D eigenvalue weighted by atomic mass is 10.0. The number of nitrogens with one attached hydrogen (secondary N) is 1. The fourth-order valence-corrected chi connectivity index (χ4v) is 2.42. The van der Waals surface area contributed by atoms with Gasteiger partial charge in [-0.05, 0) is 36.1 Å². The summed E-state index contributed by atoms with van der Waals surface area (Å²) in [5.41, 5.74) is 10.5. The highest BCUT2D eigenvalue weighted by molar-refractivity contribution is 5.69. The molecule has 3 N–H and O–H groups in total. The van der Waals surface area contributed by atoms with Gasteiger partial charge in [-0.25, -0.2) is 4.39 Å². The van der Waals surface area contributed by atoms with E-state index in [4.69, 9.17) is 5.73 Å². The summed E-state index contributed by atoms with van der Waals surface area (Å²) < 4.78 is 13.8. The fourth-order valence-electron chi connectivity index (χ4n) is 2.42. The zero-order chi connectivity index (χ0) is 14.5. The van der Waals surface area contributed by atoms with Crippen LogP contribution in [0.3, 0.4) is 0 Å². The molecule has 0 saturated heterocycles. The molecule has 3 heteroatoms. The Morgan fingerprint density at radius 1 is 1.00 bits per heavy atom. The van der Waals surface area contributed by atoms with Gasteiger partial charge in [0.05, 0.1) is 0 Å². The lowest BCUT2D eigenvalue weighted by molar-refractivity contribution is 0.611. The molecule has 106 valence electrons. The molecule has 20 heavy (non-hydrogen) atoms. The largest absolute Gasteiger partial charge is 0.355 e. The summed E-state index contributed by atoms with van der Waals surface area (Å²) in [4.78, 5) is 0. The third-order valence-corrected chi connectivity index (χ3v) is 3.58. The molecule has 0 aliphatic heterocycles. The Morgan fingerprint density at radius 3 is 2.15 bits per heavy atom. The molecule has 0 saturated carbocycles. The van der Waals surface area contributed by atoms with Crippen LogP contribution in [0.25, 0.3) is 0 Å². The van der Waals surface area contributed by atoms with Crippen molar-refractivity contribution in [1.82, 2.24) is 0 Å². The lowest BCUT2D eigenvalue weighted by Crippen LogP contribution is -2.07. The zero-order valence-corrected chi connectivity index (χ0v) is 12.0. The lowest BCUT2D eigenvalue weighted by Gasteiger charge is -2.17. The maximum atomic E-state index is 13.8. The SMILES string of the molecule is CCc1cccc(CC)c1Nc1cccc(F)c1CN. The van der Waals surface area contributed by atoms with Gasteiger partial charge in [-0.1, -0.05) is 38.1 Å². The average molecular weight is 272 g/mol. The zero-order valence-electron chi connectivity index (χ0n) is 12.0. The number of benzene rings is 2. The number of rotatable bonds is 5. The van der Waals surface area contributed by atoms with Crippen molar-refractivity contribution >= 4 is 11.4 Å². The summed E-state index contributed by atoms with van der Waals surface area (Å²) in [5, 5.41) is 3.38. The summed E-state index contributed by atoms with van der Waals surface area (Å²) in [7, 11) is 0. The second-order valence-electron chi connectivity index (χ2n) is 4.75. The van der Waals surface area contributed by atoms with Crippen LogP contribution in [0.4, 0.5) is 15.8 Å². The first-order valence-corrected chi connectivity index (χ1v) is 7.06. The number of para-hydroxylation sites is 1. The van der Waals surface area contributed by atoms with E-state index in [-0.39, 0.29) is 12.4 Å². The maximum absolute atomic E-state index is 13.8. The predicted molar refractivity (Wildman–Crippen MR) is 82.8 cm³/mol. The highest BCUT2D eigenvalue weighted by Gasteiger charge is 2.11. The molecule has 0 spiro atoms. The second kappa shape index (κ2) is 6.53. The number of anilines is 2. The second-order valence-corrected chi connectivity index (χ2v) is 4.75. The molecule has 0 fully saturated rings. The molecule has 2 aromatic carbocycles. The van der Waals surface area contributed by atoms with E-state index in [1.54, 1.807) is 6.07 Å². The number of halogens is 1. The van der Waals surface area contributed by atoms with Crippen molar-refractivity contribution in [3.8, 4) is 0 Å². The van der Waals surface area contributed by atoms with Gasteiger partial charge in [-0.3, -0.25) is 0 Å². The Labute approximate surface area is 119 Å². The number of hydrogen-bond acceptors (Lipinski definition) is 2. The van der Waals surface area contributed by atoms with Gasteiger partial charge < -0.3 is 11.1 Å². The van der Waals surface area contributed by atoms with Crippen LogP contribution in [-0.2, 0) is 19.4 Å². The van der Waals surface area contributed by atoms with E-state index in [1.165, 1.54) is 17.2 Å². The topological polar surface area (TPSA) is 38.0 Å². The third kappa shape index (κ3) is 2.83. The van der Waals surface area contributed by atoms with Crippen LogP contribution in [0.1, 0.15) is 30.5 Å². The number of hydrogen-bond donors (Lipinski definition) is 2. The van der Waals surface area contributed by atoms with Gasteiger partial charge in [0.15, 0.2) is 0 Å². The van der Waals surface area contributed by atoms with Gasteiger partial charge in [0.2, 0.25) is 0 Å². The molecule has 0 radical (unpaired) electrons. The molecule has 0 heterocycles. The van der Waals surface area contributed by atoms with Crippen LogP contribution >= 0.6 is 0 Å². The molecule has 0 atom stereocenters. The van der Waals surface area contributed by atoms with E-state index < -0.39 is 0 Å². The summed E-state index contributed by atoms with van der Waals surface area (Å²) in [6.07, 6.45) is 1.87.